The summed E-state index contributed by atoms with van der Waals surface area (Å²) >= 11 is 2.10. The number of halogens is 1. The molecule has 1 aromatic carbocycles. The van der Waals surface area contributed by atoms with Crippen LogP contribution in [-0.2, 0) is 6.42 Å². The zero-order valence-corrected chi connectivity index (χ0v) is 7.87. The van der Waals surface area contributed by atoms with Gasteiger partial charge < -0.3 is 5.11 Å². The second-order valence-corrected chi connectivity index (χ2v) is 3.27. The normalized spacial score (nSPS) is 9.09. The molecule has 1 rings (SSSR count). The van der Waals surface area contributed by atoms with Crippen LogP contribution in [0.1, 0.15) is 5.56 Å². The van der Waals surface area contributed by atoms with E-state index in [-0.39, 0.29) is 5.75 Å². The number of rotatable bonds is 1. The summed E-state index contributed by atoms with van der Waals surface area (Å²) in [6.07, 6.45) is 0.401. The molecule has 0 unspecified atom stereocenters. The smallest absolute Gasteiger partial charge is 0.116 e. The van der Waals surface area contributed by atoms with E-state index < -0.39 is 0 Å². The first-order chi connectivity index (χ1) is 5.24. The molecule has 0 amide bonds. The van der Waals surface area contributed by atoms with E-state index in [0.29, 0.717) is 6.42 Å². The maximum Gasteiger partial charge on any atom is 0.116 e. The first-order valence-electron chi connectivity index (χ1n) is 3.08. The Labute approximate surface area is 78.6 Å². The Kier molecular flexibility index (Phi) is 2.71. The Hall–Kier alpha value is -0.760. The van der Waals surface area contributed by atoms with Gasteiger partial charge in [0.05, 0.1) is 12.5 Å². The van der Waals surface area contributed by atoms with Crippen LogP contribution in [0.3, 0.4) is 0 Å². The van der Waals surface area contributed by atoms with Gasteiger partial charge in [-0.05, 0) is 40.3 Å². The minimum absolute atomic E-state index is 0.246. The number of hydrogen-bond acceptors (Lipinski definition) is 2. The van der Waals surface area contributed by atoms with Crippen LogP contribution in [-0.4, -0.2) is 5.11 Å². The number of benzene rings is 1. The van der Waals surface area contributed by atoms with E-state index in [1.807, 2.05) is 0 Å². The largest absolute Gasteiger partial charge is 0.508 e. The summed E-state index contributed by atoms with van der Waals surface area (Å²) in [5.41, 5.74) is 0.964. The quantitative estimate of drug-likeness (QED) is 0.784. The lowest BCUT2D eigenvalue weighted by Crippen LogP contribution is -1.85. The van der Waals surface area contributed by atoms with Gasteiger partial charge in [-0.1, -0.05) is 6.07 Å². The molecule has 0 heterocycles. The van der Waals surface area contributed by atoms with Gasteiger partial charge in [0.25, 0.3) is 0 Å². The first kappa shape index (κ1) is 8.34. The minimum atomic E-state index is 0.246. The summed E-state index contributed by atoms with van der Waals surface area (Å²) in [4.78, 5) is 0. The Morgan fingerprint density at radius 1 is 1.55 bits per heavy atom. The van der Waals surface area contributed by atoms with Crippen molar-refractivity contribution in [3.8, 4) is 11.8 Å². The molecular weight excluding hydrogens is 253 g/mol. The molecule has 0 saturated carbocycles. The van der Waals surface area contributed by atoms with Gasteiger partial charge >= 0.3 is 0 Å². The molecule has 0 saturated heterocycles. The van der Waals surface area contributed by atoms with Crippen LogP contribution >= 0.6 is 22.6 Å². The maximum absolute atomic E-state index is 9.02. The number of nitriles is 1. The summed E-state index contributed by atoms with van der Waals surface area (Å²) in [5.74, 6) is 0.246. The van der Waals surface area contributed by atoms with Gasteiger partial charge in [-0.3, -0.25) is 0 Å². The molecule has 0 aromatic heterocycles. The lowest BCUT2D eigenvalue weighted by atomic mass is 10.2. The molecule has 3 heteroatoms. The van der Waals surface area contributed by atoms with Crippen molar-refractivity contribution in [1.29, 1.82) is 5.26 Å². The Morgan fingerprint density at radius 3 is 2.82 bits per heavy atom. The third-order valence-electron chi connectivity index (χ3n) is 1.31. The van der Waals surface area contributed by atoms with E-state index >= 15 is 0 Å². The number of hydrogen-bond donors (Lipinski definition) is 1. The lowest BCUT2D eigenvalue weighted by molar-refractivity contribution is 0.474. The third kappa shape index (κ3) is 2.09. The van der Waals surface area contributed by atoms with Crippen molar-refractivity contribution in [1.82, 2.24) is 0 Å². The second kappa shape index (κ2) is 3.58. The molecule has 1 aromatic rings. The molecule has 2 nitrogen and oxygen atoms in total. The molecule has 0 aliphatic rings. The van der Waals surface area contributed by atoms with Crippen molar-refractivity contribution in [2.24, 2.45) is 0 Å². The van der Waals surface area contributed by atoms with Crippen molar-refractivity contribution in [2.45, 2.75) is 6.42 Å². The highest BCUT2D eigenvalue weighted by Gasteiger charge is 1.98. The molecule has 0 fully saturated rings. The van der Waals surface area contributed by atoms with Gasteiger partial charge in [0.2, 0.25) is 0 Å². The molecule has 0 spiro atoms. The number of phenols is 1. The highest BCUT2D eigenvalue weighted by atomic mass is 127. The van der Waals surface area contributed by atoms with E-state index in [9.17, 15) is 0 Å². The topological polar surface area (TPSA) is 44.0 Å². The van der Waals surface area contributed by atoms with Crippen LogP contribution in [0.2, 0.25) is 0 Å². The molecule has 1 N–H and O–H groups in total. The fraction of sp³-hybridized carbons (Fsp3) is 0.125. The standard InChI is InChI=1S/C8H6INO/c9-8-5-7(11)2-1-6(8)3-4-10/h1-2,5,11H,3H2. The van der Waals surface area contributed by atoms with E-state index in [0.717, 1.165) is 9.13 Å². The molecular formula is C8H6INO. The fourth-order valence-electron chi connectivity index (χ4n) is 0.765. The van der Waals surface area contributed by atoms with Crippen molar-refractivity contribution < 1.29 is 5.11 Å². The lowest BCUT2D eigenvalue weighted by Gasteiger charge is -1.98. The zero-order valence-electron chi connectivity index (χ0n) is 5.71. The van der Waals surface area contributed by atoms with E-state index in [4.69, 9.17) is 10.4 Å². The van der Waals surface area contributed by atoms with E-state index in [2.05, 4.69) is 28.7 Å². The maximum atomic E-state index is 9.02. The molecule has 0 atom stereocenters. The first-order valence-corrected chi connectivity index (χ1v) is 4.16. The fourth-order valence-corrected chi connectivity index (χ4v) is 1.45. The van der Waals surface area contributed by atoms with Crippen LogP contribution in [0.15, 0.2) is 18.2 Å². The Morgan fingerprint density at radius 2 is 2.27 bits per heavy atom. The van der Waals surface area contributed by atoms with Gasteiger partial charge in [0, 0.05) is 3.57 Å². The van der Waals surface area contributed by atoms with Crippen LogP contribution in [0, 0.1) is 14.9 Å². The van der Waals surface area contributed by atoms with Crippen molar-refractivity contribution in [2.75, 3.05) is 0 Å². The molecule has 11 heavy (non-hydrogen) atoms. The van der Waals surface area contributed by atoms with Gasteiger partial charge in [-0.2, -0.15) is 5.26 Å². The Bertz CT molecular complexity index is 303. The van der Waals surface area contributed by atoms with E-state index in [1.54, 1.807) is 18.2 Å². The van der Waals surface area contributed by atoms with Gasteiger partial charge in [0.15, 0.2) is 0 Å². The van der Waals surface area contributed by atoms with Crippen molar-refractivity contribution in [3.63, 3.8) is 0 Å². The monoisotopic (exact) mass is 259 g/mol. The summed E-state index contributed by atoms with van der Waals surface area (Å²) in [6, 6.07) is 7.06. The number of nitrogens with zero attached hydrogens (tertiary/aromatic N) is 1. The Balaban J connectivity index is 3.01. The molecule has 0 aliphatic carbocycles. The van der Waals surface area contributed by atoms with Crippen LogP contribution in [0.5, 0.6) is 5.75 Å². The summed E-state index contributed by atoms with van der Waals surface area (Å²) in [5, 5.41) is 17.4. The predicted octanol–water partition coefficient (Wildman–Crippen LogP) is 2.06. The van der Waals surface area contributed by atoms with Crippen molar-refractivity contribution in [3.05, 3.63) is 27.3 Å². The molecule has 0 radical (unpaired) electrons. The van der Waals surface area contributed by atoms with Gasteiger partial charge in [-0.25, -0.2) is 0 Å². The average molecular weight is 259 g/mol. The number of phenolic OH excluding ortho intramolecular Hbond substituents is 1. The summed E-state index contributed by atoms with van der Waals surface area (Å²) < 4.78 is 0.934. The highest BCUT2D eigenvalue weighted by molar-refractivity contribution is 14.1. The third-order valence-corrected chi connectivity index (χ3v) is 2.31. The van der Waals surface area contributed by atoms with Crippen LogP contribution < -0.4 is 0 Å². The van der Waals surface area contributed by atoms with Gasteiger partial charge in [-0.15, -0.1) is 0 Å². The predicted molar refractivity (Wildman–Crippen MR) is 50.1 cm³/mol. The zero-order chi connectivity index (χ0) is 8.27. The summed E-state index contributed by atoms with van der Waals surface area (Å²) in [6.45, 7) is 0. The van der Waals surface area contributed by atoms with Crippen LogP contribution in [0.4, 0.5) is 0 Å². The second-order valence-electron chi connectivity index (χ2n) is 2.11. The van der Waals surface area contributed by atoms with Crippen molar-refractivity contribution >= 4 is 22.6 Å². The summed E-state index contributed by atoms with van der Waals surface area (Å²) in [7, 11) is 0. The average Bonchev–Trinajstić information content (AvgIpc) is 1.95. The SMILES string of the molecule is N#CCc1ccc(O)cc1I. The van der Waals surface area contributed by atoms with Gasteiger partial charge in [0.1, 0.15) is 5.75 Å². The van der Waals surface area contributed by atoms with Crippen LogP contribution in [0.25, 0.3) is 0 Å². The molecule has 56 valence electrons. The molecule has 0 bridgehead atoms. The minimum Gasteiger partial charge on any atom is -0.508 e. The highest BCUT2D eigenvalue weighted by Crippen LogP contribution is 2.18. The van der Waals surface area contributed by atoms with E-state index in [1.165, 1.54) is 0 Å². The number of aromatic hydroxyl groups is 1. The molecule has 0 aliphatic heterocycles.